The molecule has 0 saturated heterocycles. The molecule has 4 heteroatoms. The van der Waals surface area contributed by atoms with E-state index in [0.717, 1.165) is 19.3 Å². The second-order valence-electron chi connectivity index (χ2n) is 7.30. The van der Waals surface area contributed by atoms with Gasteiger partial charge in [0.2, 0.25) is 5.91 Å². The molecular weight excluding hydrogens is 358 g/mol. The summed E-state index contributed by atoms with van der Waals surface area (Å²) in [5.41, 5.74) is 0.0534. The molecule has 0 aromatic heterocycles. The number of hydrogen-bond donors (Lipinski definition) is 1. The Morgan fingerprint density at radius 2 is 1.78 bits per heavy atom. The largest absolute Gasteiger partial charge is 0.353 e. The van der Waals surface area contributed by atoms with Crippen molar-refractivity contribution in [3.8, 4) is 0 Å². The summed E-state index contributed by atoms with van der Waals surface area (Å²) in [5.74, 6) is 0.884. The van der Waals surface area contributed by atoms with Gasteiger partial charge in [-0.15, -0.1) is 0 Å². The summed E-state index contributed by atoms with van der Waals surface area (Å²) < 4.78 is -0.188. The summed E-state index contributed by atoms with van der Waals surface area (Å²) in [6.45, 7) is 8.92. The van der Waals surface area contributed by atoms with Gasteiger partial charge in [0.1, 0.15) is 0 Å². The van der Waals surface area contributed by atoms with Crippen molar-refractivity contribution in [1.82, 2.24) is 5.32 Å². The van der Waals surface area contributed by atoms with Crippen LogP contribution in [0.5, 0.6) is 0 Å². The molecule has 0 radical (unpaired) electrons. The highest BCUT2D eigenvalue weighted by atomic mass is 79.9. The lowest BCUT2D eigenvalue weighted by Gasteiger charge is -2.39. The van der Waals surface area contributed by atoms with Crippen LogP contribution in [0.25, 0.3) is 0 Å². The summed E-state index contributed by atoms with van der Waals surface area (Å²) in [6, 6.07) is 0.337. The minimum atomic E-state index is -0.294. The van der Waals surface area contributed by atoms with Crippen molar-refractivity contribution in [2.75, 3.05) is 0 Å². The first-order chi connectivity index (χ1) is 8.06. The maximum atomic E-state index is 12.4. The molecule has 2 aliphatic carbocycles. The molecule has 1 N–H and O–H groups in total. The molecule has 0 bridgehead atoms. The average molecular weight is 381 g/mol. The Labute approximate surface area is 127 Å². The second kappa shape index (κ2) is 4.47. The highest BCUT2D eigenvalue weighted by Crippen LogP contribution is 2.66. The van der Waals surface area contributed by atoms with Crippen molar-refractivity contribution < 1.29 is 4.79 Å². The van der Waals surface area contributed by atoms with Crippen LogP contribution < -0.4 is 5.32 Å². The SMILES string of the molecule is C[C@H]1C[C@@H](NC(=O)[C@]2(C)CC2(Br)Br)CC(C)(C)C1. The molecule has 2 fully saturated rings. The Balaban J connectivity index is 1.96. The summed E-state index contributed by atoms with van der Waals surface area (Å²) in [5, 5.41) is 3.26. The van der Waals surface area contributed by atoms with E-state index < -0.39 is 0 Å². The maximum Gasteiger partial charge on any atom is 0.228 e. The van der Waals surface area contributed by atoms with Crippen LogP contribution >= 0.6 is 31.9 Å². The summed E-state index contributed by atoms with van der Waals surface area (Å²) in [7, 11) is 0. The Bertz CT molecular complexity index is 367. The van der Waals surface area contributed by atoms with Crippen LogP contribution in [0.4, 0.5) is 0 Å². The zero-order chi connectivity index (χ0) is 13.8. The number of halogens is 2. The van der Waals surface area contributed by atoms with E-state index in [1.54, 1.807) is 0 Å². The van der Waals surface area contributed by atoms with E-state index in [1.165, 1.54) is 6.42 Å². The molecule has 0 unspecified atom stereocenters. The van der Waals surface area contributed by atoms with Gasteiger partial charge in [-0.3, -0.25) is 4.79 Å². The van der Waals surface area contributed by atoms with Gasteiger partial charge in [-0.25, -0.2) is 0 Å². The number of carbonyl (C=O) groups is 1. The number of amides is 1. The first-order valence-corrected chi connectivity index (χ1v) is 8.33. The van der Waals surface area contributed by atoms with Gasteiger partial charge in [-0.2, -0.15) is 0 Å². The molecule has 1 amide bonds. The van der Waals surface area contributed by atoms with Gasteiger partial charge in [-0.1, -0.05) is 52.6 Å². The molecule has 2 aliphatic rings. The van der Waals surface area contributed by atoms with Gasteiger partial charge in [0.25, 0.3) is 0 Å². The summed E-state index contributed by atoms with van der Waals surface area (Å²) in [6.07, 6.45) is 4.33. The first kappa shape index (κ1) is 14.8. The van der Waals surface area contributed by atoms with Gasteiger partial charge in [0.15, 0.2) is 0 Å². The van der Waals surface area contributed by atoms with Crippen LogP contribution in [-0.4, -0.2) is 15.2 Å². The van der Waals surface area contributed by atoms with Crippen LogP contribution in [0.3, 0.4) is 0 Å². The predicted octanol–water partition coefficient (Wildman–Crippen LogP) is 4.21. The highest BCUT2D eigenvalue weighted by molar-refractivity contribution is 9.25. The number of rotatable bonds is 2. The number of nitrogens with one attached hydrogen (secondary N) is 1. The maximum absolute atomic E-state index is 12.4. The van der Waals surface area contributed by atoms with Crippen LogP contribution in [0.2, 0.25) is 0 Å². The third-order valence-corrected chi connectivity index (χ3v) is 6.79. The molecule has 18 heavy (non-hydrogen) atoms. The van der Waals surface area contributed by atoms with Gasteiger partial charge in [0, 0.05) is 6.04 Å². The molecule has 104 valence electrons. The zero-order valence-corrected chi connectivity index (χ0v) is 14.8. The molecule has 3 atom stereocenters. The van der Waals surface area contributed by atoms with Crippen molar-refractivity contribution in [2.24, 2.45) is 16.7 Å². The van der Waals surface area contributed by atoms with E-state index in [4.69, 9.17) is 0 Å². The quantitative estimate of drug-likeness (QED) is 0.714. The van der Waals surface area contributed by atoms with Crippen molar-refractivity contribution in [3.63, 3.8) is 0 Å². The van der Waals surface area contributed by atoms with E-state index in [0.29, 0.717) is 17.4 Å². The molecular formula is C14H23Br2NO. The minimum Gasteiger partial charge on any atom is -0.353 e. The highest BCUT2D eigenvalue weighted by Gasteiger charge is 2.66. The Kier molecular flexibility index (Phi) is 3.69. The predicted molar refractivity (Wildman–Crippen MR) is 82.0 cm³/mol. The lowest BCUT2D eigenvalue weighted by molar-refractivity contribution is -0.127. The lowest BCUT2D eigenvalue weighted by atomic mass is 9.70. The van der Waals surface area contributed by atoms with Crippen molar-refractivity contribution in [1.29, 1.82) is 0 Å². The van der Waals surface area contributed by atoms with E-state index in [2.05, 4.69) is 57.9 Å². The smallest absolute Gasteiger partial charge is 0.228 e. The van der Waals surface area contributed by atoms with Crippen molar-refractivity contribution >= 4 is 37.8 Å². The van der Waals surface area contributed by atoms with E-state index in [9.17, 15) is 4.79 Å². The molecule has 0 aliphatic heterocycles. The number of hydrogen-bond acceptors (Lipinski definition) is 1. The topological polar surface area (TPSA) is 29.1 Å². The van der Waals surface area contributed by atoms with Gasteiger partial charge in [-0.05, 0) is 43.9 Å². The Hall–Kier alpha value is 0.430. The number of alkyl halides is 2. The lowest BCUT2D eigenvalue weighted by Crippen LogP contribution is -2.46. The van der Waals surface area contributed by atoms with Gasteiger partial charge >= 0.3 is 0 Å². The fourth-order valence-electron chi connectivity index (χ4n) is 3.45. The average Bonchev–Trinajstić information content (AvgIpc) is 2.63. The van der Waals surface area contributed by atoms with Crippen LogP contribution in [-0.2, 0) is 4.79 Å². The zero-order valence-electron chi connectivity index (χ0n) is 11.6. The van der Waals surface area contributed by atoms with Gasteiger partial charge in [0.05, 0.1) is 8.65 Å². The molecule has 2 saturated carbocycles. The van der Waals surface area contributed by atoms with Crippen LogP contribution in [0, 0.1) is 16.7 Å². The molecule has 2 nitrogen and oxygen atoms in total. The van der Waals surface area contributed by atoms with Crippen molar-refractivity contribution in [3.05, 3.63) is 0 Å². The molecule has 0 heterocycles. The van der Waals surface area contributed by atoms with Gasteiger partial charge < -0.3 is 5.32 Å². The summed E-state index contributed by atoms with van der Waals surface area (Å²) >= 11 is 7.13. The molecule has 0 aromatic carbocycles. The fourth-order valence-corrected chi connectivity index (χ4v) is 4.93. The first-order valence-electron chi connectivity index (χ1n) is 6.75. The normalized spacial score (nSPS) is 41.2. The van der Waals surface area contributed by atoms with E-state index in [1.807, 2.05) is 6.92 Å². The Morgan fingerprint density at radius 1 is 1.22 bits per heavy atom. The second-order valence-corrected chi connectivity index (χ2v) is 11.1. The van der Waals surface area contributed by atoms with Crippen LogP contribution in [0.15, 0.2) is 0 Å². The van der Waals surface area contributed by atoms with Crippen molar-refractivity contribution in [2.45, 2.75) is 62.7 Å². The fraction of sp³-hybridized carbons (Fsp3) is 0.929. The third-order valence-electron chi connectivity index (χ3n) is 4.48. The Morgan fingerprint density at radius 3 is 2.22 bits per heavy atom. The van der Waals surface area contributed by atoms with Crippen LogP contribution in [0.1, 0.15) is 53.4 Å². The molecule has 0 aromatic rings. The van der Waals surface area contributed by atoms with E-state index >= 15 is 0 Å². The molecule has 0 spiro atoms. The van der Waals surface area contributed by atoms with E-state index in [-0.39, 0.29) is 14.6 Å². The number of carbonyl (C=O) groups excluding carboxylic acids is 1. The molecule has 2 rings (SSSR count). The minimum absolute atomic E-state index is 0.186. The summed E-state index contributed by atoms with van der Waals surface area (Å²) in [4.78, 5) is 12.4. The third kappa shape index (κ3) is 2.79. The standard InChI is InChI=1S/C14H23Br2NO/c1-9-5-10(7-12(2,3)6-9)17-11(18)13(4)8-14(13,15)16/h9-10H,5-8H2,1-4H3,(H,17,18)/t9-,10+,13-/m0/s1. The monoisotopic (exact) mass is 379 g/mol.